The lowest BCUT2D eigenvalue weighted by atomic mass is 9.89. The van der Waals surface area contributed by atoms with Crippen molar-refractivity contribution in [3.05, 3.63) is 69.9 Å². The van der Waals surface area contributed by atoms with Crippen molar-refractivity contribution in [3.8, 4) is 0 Å². The summed E-state index contributed by atoms with van der Waals surface area (Å²) in [5.74, 6) is -0.741. The Labute approximate surface area is 180 Å². The minimum atomic E-state index is -0.895. The van der Waals surface area contributed by atoms with Crippen LogP contribution in [0.4, 0.5) is 0 Å². The number of thiophene rings is 1. The molecule has 0 bridgehead atoms. The van der Waals surface area contributed by atoms with Crippen LogP contribution in [0.2, 0.25) is 0 Å². The van der Waals surface area contributed by atoms with Crippen LogP contribution in [0.3, 0.4) is 0 Å². The molecule has 1 aliphatic carbocycles. The SMILES string of the molecule is O=C(O)c1ccc(CCCN2C(=O)CC[C@@H]2/C=C/C(O)C2(c3ccccc3)CC2)s1. The third-order valence-corrected chi connectivity index (χ3v) is 7.42. The minimum Gasteiger partial charge on any atom is -0.477 e. The number of hydrogen-bond acceptors (Lipinski definition) is 4. The number of aryl methyl sites for hydroxylation is 1. The van der Waals surface area contributed by atoms with Gasteiger partial charge in [0.05, 0.1) is 12.1 Å². The quantitative estimate of drug-likeness (QED) is 0.595. The van der Waals surface area contributed by atoms with Crippen LogP contribution in [-0.2, 0) is 16.6 Å². The van der Waals surface area contributed by atoms with E-state index in [1.165, 1.54) is 16.9 Å². The van der Waals surface area contributed by atoms with E-state index in [-0.39, 0.29) is 17.4 Å². The number of aliphatic hydroxyl groups excluding tert-OH is 1. The maximum Gasteiger partial charge on any atom is 0.345 e. The molecular formula is C24H27NO4S. The lowest BCUT2D eigenvalue weighted by Gasteiger charge is -2.24. The van der Waals surface area contributed by atoms with Gasteiger partial charge < -0.3 is 15.1 Å². The van der Waals surface area contributed by atoms with Crippen LogP contribution in [0.15, 0.2) is 54.6 Å². The molecule has 2 fully saturated rings. The summed E-state index contributed by atoms with van der Waals surface area (Å²) in [5.41, 5.74) is 1.00. The Morgan fingerprint density at radius 1 is 1.23 bits per heavy atom. The fourth-order valence-electron chi connectivity index (χ4n) is 4.37. The number of nitrogens with zero attached hydrogens (tertiary/aromatic N) is 1. The van der Waals surface area contributed by atoms with Crippen LogP contribution < -0.4 is 0 Å². The molecule has 0 radical (unpaired) electrons. The fourth-order valence-corrected chi connectivity index (χ4v) is 5.26. The van der Waals surface area contributed by atoms with Crippen molar-refractivity contribution >= 4 is 23.2 Å². The number of rotatable bonds is 9. The highest BCUT2D eigenvalue weighted by molar-refractivity contribution is 7.13. The molecule has 1 unspecified atom stereocenters. The van der Waals surface area contributed by atoms with Crippen molar-refractivity contribution in [2.75, 3.05) is 6.54 Å². The van der Waals surface area contributed by atoms with E-state index in [2.05, 4.69) is 12.1 Å². The highest BCUT2D eigenvalue weighted by atomic mass is 32.1. The number of benzene rings is 1. The Kier molecular flexibility index (Phi) is 6.06. The molecule has 2 heterocycles. The topological polar surface area (TPSA) is 77.8 Å². The summed E-state index contributed by atoms with van der Waals surface area (Å²) < 4.78 is 0. The van der Waals surface area contributed by atoms with Gasteiger partial charge in [0.25, 0.3) is 0 Å². The number of hydrogen-bond donors (Lipinski definition) is 2. The van der Waals surface area contributed by atoms with Gasteiger partial charge in [-0.1, -0.05) is 42.5 Å². The molecule has 5 nitrogen and oxygen atoms in total. The number of carbonyl (C=O) groups is 2. The first-order valence-electron chi connectivity index (χ1n) is 10.5. The molecule has 2 aromatic rings. The monoisotopic (exact) mass is 425 g/mol. The van der Waals surface area contributed by atoms with E-state index < -0.39 is 12.1 Å². The Balaban J connectivity index is 1.34. The number of likely N-dealkylation sites (tertiary alicyclic amines) is 1. The summed E-state index contributed by atoms with van der Waals surface area (Å²) in [7, 11) is 0. The third-order valence-electron chi connectivity index (χ3n) is 6.29. The minimum absolute atomic E-state index is 0.0247. The molecule has 158 valence electrons. The molecule has 6 heteroatoms. The normalized spacial score (nSPS) is 21.3. The number of aromatic carboxylic acids is 1. The van der Waals surface area contributed by atoms with E-state index >= 15 is 0 Å². The predicted molar refractivity (Wildman–Crippen MR) is 117 cm³/mol. The average Bonchev–Trinajstić information content (AvgIpc) is 3.30. The lowest BCUT2D eigenvalue weighted by molar-refractivity contribution is -0.128. The molecule has 2 aliphatic rings. The molecule has 1 saturated heterocycles. The third kappa shape index (κ3) is 4.35. The van der Waals surface area contributed by atoms with Gasteiger partial charge in [-0.15, -0.1) is 11.3 Å². The molecule has 30 heavy (non-hydrogen) atoms. The Hall–Kier alpha value is -2.44. The largest absolute Gasteiger partial charge is 0.477 e. The molecular weight excluding hydrogens is 398 g/mol. The summed E-state index contributed by atoms with van der Waals surface area (Å²) >= 11 is 1.30. The zero-order valence-corrected chi connectivity index (χ0v) is 17.7. The fraction of sp³-hybridized carbons (Fsp3) is 0.417. The molecule has 1 aromatic carbocycles. The highest BCUT2D eigenvalue weighted by Gasteiger charge is 2.49. The highest BCUT2D eigenvalue weighted by Crippen LogP contribution is 2.51. The van der Waals surface area contributed by atoms with E-state index in [4.69, 9.17) is 5.11 Å². The lowest BCUT2D eigenvalue weighted by Crippen LogP contribution is -2.33. The van der Waals surface area contributed by atoms with Gasteiger partial charge in [-0.05, 0) is 49.8 Å². The molecule has 2 atom stereocenters. The van der Waals surface area contributed by atoms with Gasteiger partial charge in [0.1, 0.15) is 4.88 Å². The molecule has 1 aliphatic heterocycles. The van der Waals surface area contributed by atoms with Gasteiger partial charge >= 0.3 is 5.97 Å². The first kappa shape index (κ1) is 20.8. The number of aliphatic hydroxyl groups is 1. The van der Waals surface area contributed by atoms with Gasteiger partial charge in [0.15, 0.2) is 0 Å². The van der Waals surface area contributed by atoms with Crippen LogP contribution in [-0.4, -0.2) is 45.7 Å². The molecule has 1 saturated carbocycles. The van der Waals surface area contributed by atoms with E-state index in [0.717, 1.165) is 37.0 Å². The van der Waals surface area contributed by atoms with Crippen molar-refractivity contribution in [3.63, 3.8) is 0 Å². The van der Waals surface area contributed by atoms with E-state index in [9.17, 15) is 14.7 Å². The zero-order valence-electron chi connectivity index (χ0n) is 16.9. The smallest absolute Gasteiger partial charge is 0.345 e. The summed E-state index contributed by atoms with van der Waals surface area (Å²) in [6.07, 6.45) is 8.19. The van der Waals surface area contributed by atoms with Crippen LogP contribution in [0.25, 0.3) is 0 Å². The zero-order chi connectivity index (χ0) is 21.1. The van der Waals surface area contributed by atoms with Crippen LogP contribution >= 0.6 is 11.3 Å². The summed E-state index contributed by atoms with van der Waals surface area (Å²) in [4.78, 5) is 26.6. The number of carboxylic acid groups (broad SMARTS) is 1. The van der Waals surface area contributed by atoms with Crippen LogP contribution in [0.1, 0.15) is 52.2 Å². The first-order valence-corrected chi connectivity index (χ1v) is 11.3. The summed E-state index contributed by atoms with van der Waals surface area (Å²) in [6, 6.07) is 13.7. The van der Waals surface area contributed by atoms with E-state index in [1.54, 1.807) is 6.07 Å². The van der Waals surface area contributed by atoms with Crippen LogP contribution in [0, 0.1) is 0 Å². The van der Waals surface area contributed by atoms with Crippen LogP contribution in [0.5, 0.6) is 0 Å². The number of amides is 1. The van der Waals surface area contributed by atoms with E-state index in [1.807, 2.05) is 41.3 Å². The Morgan fingerprint density at radius 3 is 2.67 bits per heavy atom. The first-order chi connectivity index (χ1) is 14.5. The molecule has 1 aromatic heterocycles. The molecule has 4 rings (SSSR count). The van der Waals surface area contributed by atoms with E-state index in [0.29, 0.717) is 17.8 Å². The Morgan fingerprint density at radius 2 is 2.00 bits per heavy atom. The second-order valence-corrected chi connectivity index (χ2v) is 9.39. The predicted octanol–water partition coefficient (Wildman–Crippen LogP) is 4.02. The van der Waals surface area contributed by atoms with Gasteiger partial charge in [-0.2, -0.15) is 0 Å². The van der Waals surface area contributed by atoms with Gasteiger partial charge in [-0.25, -0.2) is 4.79 Å². The summed E-state index contributed by atoms with van der Waals surface area (Å²) in [5, 5.41) is 19.9. The standard InChI is InChI=1S/C24H27NO4S/c26-21(24(14-15-24)17-5-2-1-3-6-17)12-8-18-9-13-22(27)25(18)16-4-7-19-10-11-20(30-19)23(28)29/h1-3,5-6,8,10-12,18,21,26H,4,7,9,13-16H2,(H,28,29)/b12-8+/t18-,21?/m0/s1. The van der Waals surface area contributed by atoms with Gasteiger partial charge in [-0.3, -0.25) is 4.79 Å². The number of carbonyl (C=O) groups excluding carboxylic acids is 1. The van der Waals surface area contributed by atoms with Crippen molar-refractivity contribution in [2.45, 2.75) is 56.1 Å². The van der Waals surface area contributed by atoms with Crippen molar-refractivity contribution in [2.24, 2.45) is 0 Å². The van der Waals surface area contributed by atoms with Crippen molar-refractivity contribution < 1.29 is 19.8 Å². The molecule has 1 amide bonds. The van der Waals surface area contributed by atoms with Crippen molar-refractivity contribution in [1.82, 2.24) is 4.90 Å². The molecule has 2 N–H and O–H groups in total. The van der Waals surface area contributed by atoms with Crippen molar-refractivity contribution in [1.29, 1.82) is 0 Å². The summed E-state index contributed by atoms with van der Waals surface area (Å²) in [6.45, 7) is 0.647. The average molecular weight is 426 g/mol. The molecule has 0 spiro atoms. The van der Waals surface area contributed by atoms with Gasteiger partial charge in [0, 0.05) is 23.3 Å². The second kappa shape index (κ2) is 8.74. The van der Waals surface area contributed by atoms with Gasteiger partial charge in [0.2, 0.25) is 5.91 Å². The number of carboxylic acids is 1. The Bertz CT molecular complexity index is 932. The maximum absolute atomic E-state index is 12.4. The second-order valence-electron chi connectivity index (χ2n) is 8.22. The maximum atomic E-state index is 12.4.